The normalized spacial score (nSPS) is 10.4. The van der Waals surface area contributed by atoms with E-state index < -0.39 is 0 Å². The number of amides is 2. The van der Waals surface area contributed by atoms with Crippen molar-refractivity contribution in [1.82, 2.24) is 30.4 Å². The van der Waals surface area contributed by atoms with E-state index in [1.54, 1.807) is 29.2 Å². The average Bonchev–Trinajstić information content (AvgIpc) is 3.14. The molecule has 0 radical (unpaired) electrons. The molecule has 8 heteroatoms. The Morgan fingerprint density at radius 2 is 1.88 bits per heavy atom. The highest BCUT2D eigenvalue weighted by Crippen LogP contribution is 2.07. The van der Waals surface area contributed by atoms with Gasteiger partial charge < -0.3 is 10.2 Å². The van der Waals surface area contributed by atoms with E-state index in [0.717, 1.165) is 18.8 Å². The van der Waals surface area contributed by atoms with Crippen molar-refractivity contribution >= 4 is 11.8 Å². The summed E-state index contributed by atoms with van der Waals surface area (Å²) in [6, 6.07) is 6.98. The Balaban J connectivity index is 1.77. The SMILES string of the molecule is CCN(CC)C(=O)CCCNC(=O)c1ccc(-n2cnnn2)cc1. The lowest BCUT2D eigenvalue weighted by molar-refractivity contribution is -0.130. The van der Waals surface area contributed by atoms with E-state index >= 15 is 0 Å². The Kier molecular flexibility index (Phi) is 6.41. The predicted octanol–water partition coefficient (Wildman–Crippen LogP) is 1.04. The number of tetrazole rings is 1. The maximum Gasteiger partial charge on any atom is 0.251 e. The third-order valence-electron chi connectivity index (χ3n) is 3.71. The molecule has 2 amide bonds. The second kappa shape index (κ2) is 8.76. The smallest absolute Gasteiger partial charge is 0.251 e. The van der Waals surface area contributed by atoms with Crippen LogP contribution in [-0.4, -0.2) is 56.6 Å². The van der Waals surface area contributed by atoms with Crippen LogP contribution in [0.4, 0.5) is 0 Å². The van der Waals surface area contributed by atoms with Crippen LogP contribution in [0.3, 0.4) is 0 Å². The van der Waals surface area contributed by atoms with Gasteiger partial charge in [-0.2, -0.15) is 0 Å². The van der Waals surface area contributed by atoms with Gasteiger partial charge in [0.25, 0.3) is 5.91 Å². The van der Waals surface area contributed by atoms with Gasteiger partial charge in [-0.3, -0.25) is 9.59 Å². The van der Waals surface area contributed by atoms with E-state index in [4.69, 9.17) is 0 Å². The van der Waals surface area contributed by atoms with Crippen molar-refractivity contribution in [3.8, 4) is 5.69 Å². The Morgan fingerprint density at radius 3 is 2.46 bits per heavy atom. The molecule has 8 nitrogen and oxygen atoms in total. The van der Waals surface area contributed by atoms with Crippen LogP contribution in [0.25, 0.3) is 5.69 Å². The minimum absolute atomic E-state index is 0.125. The number of hydrogen-bond acceptors (Lipinski definition) is 5. The van der Waals surface area contributed by atoms with Crippen molar-refractivity contribution in [2.45, 2.75) is 26.7 Å². The van der Waals surface area contributed by atoms with E-state index in [1.807, 2.05) is 13.8 Å². The van der Waals surface area contributed by atoms with Crippen molar-refractivity contribution in [2.24, 2.45) is 0 Å². The Bertz CT molecular complexity index is 650. The summed E-state index contributed by atoms with van der Waals surface area (Å²) in [5, 5.41) is 13.7. The van der Waals surface area contributed by atoms with Crippen LogP contribution in [0.15, 0.2) is 30.6 Å². The molecule has 1 aromatic heterocycles. The van der Waals surface area contributed by atoms with Crippen LogP contribution < -0.4 is 5.32 Å². The number of hydrogen-bond donors (Lipinski definition) is 1. The van der Waals surface area contributed by atoms with Gasteiger partial charge in [-0.25, -0.2) is 4.68 Å². The van der Waals surface area contributed by atoms with Gasteiger partial charge >= 0.3 is 0 Å². The van der Waals surface area contributed by atoms with Crippen molar-refractivity contribution < 1.29 is 9.59 Å². The largest absolute Gasteiger partial charge is 0.352 e. The standard InChI is InChI=1S/C16H22N6O2/c1-3-21(4-2)15(23)6-5-11-17-16(24)13-7-9-14(10-8-13)22-12-18-19-20-22/h7-10,12H,3-6,11H2,1-2H3,(H,17,24). The summed E-state index contributed by atoms with van der Waals surface area (Å²) in [5.74, 6) is -0.0337. The average molecular weight is 330 g/mol. The molecule has 24 heavy (non-hydrogen) atoms. The van der Waals surface area contributed by atoms with E-state index in [1.165, 1.54) is 11.0 Å². The van der Waals surface area contributed by atoms with Crippen LogP contribution in [0, 0.1) is 0 Å². The zero-order valence-electron chi connectivity index (χ0n) is 14.0. The van der Waals surface area contributed by atoms with Gasteiger partial charge in [0.05, 0.1) is 5.69 Å². The van der Waals surface area contributed by atoms with Gasteiger partial charge in [0.1, 0.15) is 6.33 Å². The summed E-state index contributed by atoms with van der Waals surface area (Å²) in [6.45, 7) is 5.83. The lowest BCUT2D eigenvalue weighted by Gasteiger charge is -2.18. The summed E-state index contributed by atoms with van der Waals surface area (Å²) < 4.78 is 1.51. The van der Waals surface area contributed by atoms with E-state index in [9.17, 15) is 9.59 Å². The van der Waals surface area contributed by atoms with Crippen molar-refractivity contribution in [3.05, 3.63) is 36.2 Å². The summed E-state index contributed by atoms with van der Waals surface area (Å²) >= 11 is 0. The molecular formula is C16H22N6O2. The fraction of sp³-hybridized carbons (Fsp3) is 0.438. The lowest BCUT2D eigenvalue weighted by Crippen LogP contribution is -2.31. The second-order valence-corrected chi connectivity index (χ2v) is 5.23. The molecule has 1 heterocycles. The topological polar surface area (TPSA) is 93.0 Å². The van der Waals surface area contributed by atoms with E-state index in [2.05, 4.69) is 20.8 Å². The first-order valence-corrected chi connectivity index (χ1v) is 8.05. The first kappa shape index (κ1) is 17.6. The second-order valence-electron chi connectivity index (χ2n) is 5.23. The molecule has 0 aliphatic heterocycles. The number of carbonyl (C=O) groups is 2. The van der Waals surface area contributed by atoms with E-state index in [-0.39, 0.29) is 11.8 Å². The van der Waals surface area contributed by atoms with Crippen molar-refractivity contribution in [1.29, 1.82) is 0 Å². The van der Waals surface area contributed by atoms with Gasteiger partial charge in [-0.1, -0.05) is 0 Å². The van der Waals surface area contributed by atoms with Crippen molar-refractivity contribution in [3.63, 3.8) is 0 Å². The van der Waals surface area contributed by atoms with Crippen LogP contribution in [-0.2, 0) is 4.79 Å². The first-order valence-electron chi connectivity index (χ1n) is 8.05. The van der Waals surface area contributed by atoms with Crippen LogP contribution >= 0.6 is 0 Å². The molecular weight excluding hydrogens is 308 g/mol. The van der Waals surface area contributed by atoms with E-state index in [0.29, 0.717) is 24.9 Å². The number of nitrogens with one attached hydrogen (secondary N) is 1. The van der Waals surface area contributed by atoms with Crippen LogP contribution in [0.1, 0.15) is 37.0 Å². The highest BCUT2D eigenvalue weighted by molar-refractivity contribution is 5.94. The lowest BCUT2D eigenvalue weighted by atomic mass is 10.2. The minimum atomic E-state index is -0.159. The molecule has 128 valence electrons. The summed E-state index contributed by atoms with van der Waals surface area (Å²) in [7, 11) is 0. The highest BCUT2D eigenvalue weighted by atomic mass is 16.2. The highest BCUT2D eigenvalue weighted by Gasteiger charge is 2.10. The Morgan fingerprint density at radius 1 is 1.17 bits per heavy atom. The molecule has 0 unspecified atom stereocenters. The molecule has 0 spiro atoms. The maximum absolute atomic E-state index is 12.1. The summed E-state index contributed by atoms with van der Waals surface area (Å²) in [5.41, 5.74) is 1.34. The summed E-state index contributed by atoms with van der Waals surface area (Å²) in [6.07, 6.45) is 2.56. The minimum Gasteiger partial charge on any atom is -0.352 e. The molecule has 1 aromatic carbocycles. The van der Waals surface area contributed by atoms with Gasteiger partial charge in [-0.15, -0.1) is 5.10 Å². The molecule has 0 bridgehead atoms. The van der Waals surface area contributed by atoms with Gasteiger partial charge in [0, 0.05) is 31.6 Å². The number of nitrogens with zero attached hydrogens (tertiary/aromatic N) is 5. The monoisotopic (exact) mass is 330 g/mol. The number of rotatable bonds is 8. The molecule has 0 saturated carbocycles. The molecule has 0 aliphatic carbocycles. The number of benzene rings is 1. The molecule has 2 rings (SSSR count). The fourth-order valence-electron chi connectivity index (χ4n) is 2.32. The Hall–Kier alpha value is -2.77. The van der Waals surface area contributed by atoms with Gasteiger partial charge in [0.2, 0.25) is 5.91 Å². The predicted molar refractivity (Wildman–Crippen MR) is 88.6 cm³/mol. The molecule has 0 fully saturated rings. The zero-order chi connectivity index (χ0) is 17.4. The molecule has 0 atom stereocenters. The zero-order valence-corrected chi connectivity index (χ0v) is 14.0. The molecule has 0 aliphatic rings. The Labute approximate surface area is 140 Å². The number of carbonyl (C=O) groups excluding carboxylic acids is 2. The van der Waals surface area contributed by atoms with Gasteiger partial charge in [-0.05, 0) is 55.0 Å². The fourth-order valence-corrected chi connectivity index (χ4v) is 2.32. The maximum atomic E-state index is 12.1. The van der Waals surface area contributed by atoms with Crippen LogP contribution in [0.2, 0.25) is 0 Å². The van der Waals surface area contributed by atoms with Crippen LogP contribution in [0.5, 0.6) is 0 Å². The molecule has 0 saturated heterocycles. The third kappa shape index (κ3) is 4.61. The summed E-state index contributed by atoms with van der Waals surface area (Å²) in [4.78, 5) is 25.7. The molecule has 2 aromatic rings. The quantitative estimate of drug-likeness (QED) is 0.730. The molecule has 1 N–H and O–H groups in total. The first-order chi connectivity index (χ1) is 11.7. The number of aromatic nitrogens is 4. The third-order valence-corrected chi connectivity index (χ3v) is 3.71. The van der Waals surface area contributed by atoms with Crippen molar-refractivity contribution in [2.75, 3.05) is 19.6 Å². The van der Waals surface area contributed by atoms with Gasteiger partial charge in [0.15, 0.2) is 0 Å².